The van der Waals surface area contributed by atoms with Gasteiger partial charge in [0.15, 0.2) is 5.65 Å². The summed E-state index contributed by atoms with van der Waals surface area (Å²) in [6, 6.07) is 8.42. The number of hydrogen-bond acceptors (Lipinski definition) is 9. The number of hydrogen-bond donors (Lipinski definition) is 3. The number of carbonyl (C=O) groups excluding carboxylic acids is 2. The van der Waals surface area contributed by atoms with Crippen molar-refractivity contribution in [1.82, 2.24) is 29.8 Å². The van der Waals surface area contributed by atoms with Crippen LogP contribution in [-0.4, -0.2) is 64.6 Å². The van der Waals surface area contributed by atoms with Crippen LogP contribution in [0.25, 0.3) is 11.2 Å². The first kappa shape index (κ1) is 21.3. The van der Waals surface area contributed by atoms with E-state index in [2.05, 4.69) is 20.3 Å². The molecule has 0 aliphatic carbocycles. The number of carboxylic acid groups (broad SMARTS) is 1. The van der Waals surface area contributed by atoms with Crippen LogP contribution in [0.15, 0.2) is 58.6 Å². The second-order valence-corrected chi connectivity index (χ2v) is 9.49. The summed E-state index contributed by atoms with van der Waals surface area (Å²) in [4.78, 5) is 51.5. The minimum atomic E-state index is -1.22. The first-order valence-electron chi connectivity index (χ1n) is 9.79. The van der Waals surface area contributed by atoms with Crippen LogP contribution in [0.2, 0.25) is 0 Å². The molecule has 2 aliphatic rings. The molecule has 0 radical (unpaired) electrons. The van der Waals surface area contributed by atoms with Crippen LogP contribution in [0, 0.1) is 0 Å². The van der Waals surface area contributed by atoms with Gasteiger partial charge in [0.25, 0.3) is 5.91 Å². The minimum Gasteiger partial charge on any atom is -0.477 e. The van der Waals surface area contributed by atoms with Crippen LogP contribution in [0.1, 0.15) is 5.56 Å². The van der Waals surface area contributed by atoms with Gasteiger partial charge in [0, 0.05) is 10.7 Å². The molecule has 0 spiro atoms. The van der Waals surface area contributed by atoms with Gasteiger partial charge in [0.2, 0.25) is 5.91 Å². The Labute approximate surface area is 195 Å². The Balaban J connectivity index is 1.36. The molecular weight excluding hydrogens is 466 g/mol. The number of aliphatic carboxylic acids is 1. The molecule has 13 heteroatoms. The third-order valence-corrected chi connectivity index (χ3v) is 7.74. The molecule has 2 atom stereocenters. The fourth-order valence-electron chi connectivity index (χ4n) is 3.70. The van der Waals surface area contributed by atoms with Crippen molar-refractivity contribution < 1.29 is 19.5 Å². The minimum absolute atomic E-state index is 0.110. The van der Waals surface area contributed by atoms with E-state index in [4.69, 9.17) is 5.84 Å². The third-order valence-electron chi connectivity index (χ3n) is 5.20. The zero-order valence-electron chi connectivity index (χ0n) is 16.9. The number of nitrogen functional groups attached to an aromatic ring is 1. The fourth-order valence-corrected chi connectivity index (χ4v) is 6.19. The first-order chi connectivity index (χ1) is 15.9. The molecule has 33 heavy (non-hydrogen) atoms. The van der Waals surface area contributed by atoms with Crippen LogP contribution in [-0.2, 0) is 20.8 Å². The van der Waals surface area contributed by atoms with Gasteiger partial charge in [-0.05, 0) is 5.56 Å². The van der Waals surface area contributed by atoms with E-state index >= 15 is 0 Å². The Morgan fingerprint density at radius 3 is 2.79 bits per heavy atom. The molecule has 4 N–H and O–H groups in total. The van der Waals surface area contributed by atoms with Crippen molar-refractivity contribution in [3.8, 4) is 0 Å². The number of aromatic nitrogens is 4. The second kappa shape index (κ2) is 8.41. The zero-order chi connectivity index (χ0) is 23.1. The highest BCUT2D eigenvalue weighted by Crippen LogP contribution is 2.45. The van der Waals surface area contributed by atoms with Gasteiger partial charge in [-0.1, -0.05) is 42.1 Å². The van der Waals surface area contributed by atoms with Crippen molar-refractivity contribution in [1.29, 1.82) is 0 Å². The lowest BCUT2D eigenvalue weighted by Gasteiger charge is -2.49. The van der Waals surface area contributed by atoms with E-state index in [0.29, 0.717) is 26.8 Å². The Bertz CT molecular complexity index is 1310. The Morgan fingerprint density at radius 1 is 1.24 bits per heavy atom. The Kier molecular flexibility index (Phi) is 5.42. The fraction of sp³-hybridized carbons (Fsp3) is 0.200. The predicted molar refractivity (Wildman–Crippen MR) is 121 cm³/mol. The number of fused-ring (bicyclic) bond motifs is 2. The lowest BCUT2D eigenvalue weighted by molar-refractivity contribution is -0.150. The van der Waals surface area contributed by atoms with Gasteiger partial charge in [0.05, 0.1) is 6.42 Å². The molecule has 1 unspecified atom stereocenters. The van der Waals surface area contributed by atoms with Crippen LogP contribution in [0.3, 0.4) is 0 Å². The maximum atomic E-state index is 12.8. The molecular formula is C20H17N7O4S2. The lowest BCUT2D eigenvalue weighted by atomic mass is 10.0. The van der Waals surface area contributed by atoms with Gasteiger partial charge < -0.3 is 16.3 Å². The van der Waals surface area contributed by atoms with E-state index in [9.17, 15) is 19.5 Å². The number of benzene rings is 1. The number of nitrogens with one attached hydrogen (secondary N) is 1. The monoisotopic (exact) mass is 483 g/mol. The largest absolute Gasteiger partial charge is 0.477 e. The second-order valence-electron chi connectivity index (χ2n) is 7.30. The van der Waals surface area contributed by atoms with Crippen LogP contribution in [0.5, 0.6) is 0 Å². The van der Waals surface area contributed by atoms with Crippen LogP contribution in [0.4, 0.5) is 0 Å². The summed E-state index contributed by atoms with van der Waals surface area (Å²) in [6.45, 7) is 0. The van der Waals surface area contributed by atoms with Gasteiger partial charge in [-0.2, -0.15) is 0 Å². The van der Waals surface area contributed by atoms with Gasteiger partial charge in [-0.3, -0.25) is 14.5 Å². The van der Waals surface area contributed by atoms with E-state index in [1.165, 1.54) is 34.0 Å². The van der Waals surface area contributed by atoms with Crippen molar-refractivity contribution in [2.75, 3.05) is 11.6 Å². The van der Waals surface area contributed by atoms with Crippen molar-refractivity contribution in [3.05, 3.63) is 59.2 Å². The zero-order valence-corrected chi connectivity index (χ0v) is 18.5. The number of nitrogens with zero attached hydrogens (tertiary/aromatic N) is 5. The molecule has 3 aromatic rings. The molecule has 2 aromatic heterocycles. The Hall–Kier alpha value is -3.58. The summed E-state index contributed by atoms with van der Waals surface area (Å²) < 4.78 is 1.25. The molecule has 4 heterocycles. The van der Waals surface area contributed by atoms with Crippen molar-refractivity contribution >= 4 is 52.5 Å². The van der Waals surface area contributed by atoms with Crippen LogP contribution >= 0.6 is 23.5 Å². The van der Waals surface area contributed by atoms with Gasteiger partial charge >= 0.3 is 5.97 Å². The van der Waals surface area contributed by atoms with Crippen LogP contribution < -0.4 is 11.2 Å². The molecule has 1 aromatic carbocycles. The van der Waals surface area contributed by atoms with E-state index in [1.54, 1.807) is 0 Å². The molecule has 2 amide bonds. The molecule has 168 valence electrons. The van der Waals surface area contributed by atoms with Crippen molar-refractivity contribution in [2.45, 2.75) is 22.9 Å². The number of β-lactam (4-membered cyclic amide) rings is 1. The number of amides is 2. The molecule has 5 rings (SSSR count). The normalized spacial score (nSPS) is 19.9. The van der Waals surface area contributed by atoms with Crippen molar-refractivity contribution in [2.24, 2.45) is 0 Å². The SMILES string of the molecule is Nn1cnc2c(SC3=C(C(=O)O)N4C(=O)C(NC(=O)Cc5ccccc5)[C@H]4SC3)ncnc21. The molecule has 11 nitrogen and oxygen atoms in total. The van der Waals surface area contributed by atoms with Gasteiger partial charge in [-0.15, -0.1) is 11.8 Å². The average molecular weight is 484 g/mol. The van der Waals surface area contributed by atoms with E-state index in [-0.39, 0.29) is 18.0 Å². The third kappa shape index (κ3) is 3.78. The summed E-state index contributed by atoms with van der Waals surface area (Å²) in [5.41, 5.74) is 1.57. The van der Waals surface area contributed by atoms with E-state index < -0.39 is 23.3 Å². The highest BCUT2D eigenvalue weighted by atomic mass is 32.2. The number of rotatable bonds is 6. The first-order valence-corrected chi connectivity index (χ1v) is 11.7. The molecule has 0 saturated carbocycles. The number of imidazole rings is 1. The summed E-state index contributed by atoms with van der Waals surface area (Å²) in [7, 11) is 0. The summed E-state index contributed by atoms with van der Waals surface area (Å²) >= 11 is 2.50. The summed E-state index contributed by atoms with van der Waals surface area (Å²) in [5.74, 6) is 4.15. The number of carboxylic acids is 1. The highest BCUT2D eigenvalue weighted by Gasteiger charge is 2.54. The highest BCUT2D eigenvalue weighted by molar-refractivity contribution is 8.06. The molecule has 2 aliphatic heterocycles. The van der Waals surface area contributed by atoms with E-state index in [1.807, 2.05) is 30.3 Å². The maximum absolute atomic E-state index is 12.8. The predicted octanol–water partition coefficient (Wildman–Crippen LogP) is 0.571. The standard InChI is InChI=1S/C20H17N7O4S2/c21-26-9-24-13-16(26)22-8-23-17(13)33-11-7-32-19-14(18(29)27(19)15(11)20(30)31)25-12(28)6-10-4-2-1-3-5-10/h1-5,8-9,14,19H,6-7,21H2,(H,25,28)(H,30,31)/t14?,19-/m1/s1. The van der Waals surface area contributed by atoms with Gasteiger partial charge in [0.1, 0.15) is 40.3 Å². The van der Waals surface area contributed by atoms with Gasteiger partial charge in [-0.25, -0.2) is 24.4 Å². The van der Waals surface area contributed by atoms with Crippen molar-refractivity contribution in [3.63, 3.8) is 0 Å². The average Bonchev–Trinajstić information content (AvgIpc) is 3.19. The molecule has 1 fully saturated rings. The number of nitrogens with two attached hydrogens (primary N) is 1. The molecule has 0 bridgehead atoms. The number of thioether (sulfide) groups is 2. The maximum Gasteiger partial charge on any atom is 0.353 e. The summed E-state index contributed by atoms with van der Waals surface area (Å²) in [6.07, 6.45) is 2.86. The quantitative estimate of drug-likeness (QED) is 0.257. The lowest BCUT2D eigenvalue weighted by Crippen LogP contribution is -2.70. The number of carbonyl (C=O) groups is 3. The summed E-state index contributed by atoms with van der Waals surface area (Å²) in [5, 5.41) is 12.6. The Morgan fingerprint density at radius 2 is 2.03 bits per heavy atom. The topological polar surface area (TPSA) is 156 Å². The smallest absolute Gasteiger partial charge is 0.353 e. The van der Waals surface area contributed by atoms with E-state index in [0.717, 1.165) is 17.3 Å². The molecule has 1 saturated heterocycles.